The molecule has 0 N–H and O–H groups in total. The van der Waals surface area contributed by atoms with Gasteiger partial charge in [-0.3, -0.25) is 9.78 Å². The maximum absolute atomic E-state index is 13.6. The van der Waals surface area contributed by atoms with Crippen LogP contribution in [0.25, 0.3) is 22.4 Å². The van der Waals surface area contributed by atoms with Gasteiger partial charge in [-0.25, -0.2) is 4.98 Å². The molecule has 3 aromatic heterocycles. The second-order valence-electron chi connectivity index (χ2n) is 10.2. The Labute approximate surface area is 211 Å². The van der Waals surface area contributed by atoms with E-state index in [0.29, 0.717) is 22.6 Å². The molecule has 1 fully saturated rings. The number of halogens is 6. The van der Waals surface area contributed by atoms with Gasteiger partial charge in [0.1, 0.15) is 5.65 Å². The molecule has 0 amide bonds. The Morgan fingerprint density at radius 2 is 1.70 bits per heavy atom. The zero-order valence-corrected chi connectivity index (χ0v) is 20.9. The highest BCUT2D eigenvalue weighted by Crippen LogP contribution is 2.42. The van der Waals surface area contributed by atoms with Crippen molar-refractivity contribution < 1.29 is 31.1 Å². The normalized spacial score (nSPS) is 16.2. The molecule has 0 spiro atoms. The van der Waals surface area contributed by atoms with E-state index >= 15 is 0 Å². The molecule has 37 heavy (non-hydrogen) atoms. The summed E-state index contributed by atoms with van der Waals surface area (Å²) in [5.41, 5.74) is 0.940. The van der Waals surface area contributed by atoms with E-state index in [4.69, 9.17) is 0 Å². The van der Waals surface area contributed by atoms with Crippen LogP contribution >= 0.6 is 0 Å². The van der Waals surface area contributed by atoms with Crippen LogP contribution in [-0.4, -0.2) is 26.5 Å². The van der Waals surface area contributed by atoms with E-state index in [1.165, 1.54) is 6.20 Å². The molecule has 4 nitrogen and oxygen atoms in total. The Morgan fingerprint density at radius 3 is 2.24 bits per heavy atom. The topological polar surface area (TPSA) is 47.8 Å². The van der Waals surface area contributed by atoms with Crippen LogP contribution in [-0.2, 0) is 12.6 Å². The first-order valence-electron chi connectivity index (χ1n) is 12.5. The molecule has 1 atom stereocenters. The highest BCUT2D eigenvalue weighted by atomic mass is 19.4. The van der Waals surface area contributed by atoms with Crippen molar-refractivity contribution in [3.63, 3.8) is 0 Å². The molecule has 4 rings (SSSR count). The molecule has 1 aliphatic rings. The Kier molecular flexibility index (Phi) is 7.41. The van der Waals surface area contributed by atoms with Crippen LogP contribution in [0, 0.1) is 11.8 Å². The number of rotatable bonds is 7. The van der Waals surface area contributed by atoms with Crippen LogP contribution < -0.4 is 0 Å². The minimum absolute atomic E-state index is 0.0513. The fraction of sp³-hybridized carbons (Fsp3) is 0.519. The van der Waals surface area contributed by atoms with Gasteiger partial charge in [0.15, 0.2) is 5.78 Å². The summed E-state index contributed by atoms with van der Waals surface area (Å²) in [6.45, 7) is 4.50. The van der Waals surface area contributed by atoms with Crippen molar-refractivity contribution >= 4 is 16.8 Å². The summed E-state index contributed by atoms with van der Waals surface area (Å²) in [5.74, 6) is -2.26. The lowest BCUT2D eigenvalue weighted by molar-refractivity contribution is -0.170. The summed E-state index contributed by atoms with van der Waals surface area (Å²) < 4.78 is 81.2. The largest absolute Gasteiger partial charge is 0.417 e. The standard InChI is InChI=1S/C27H29F6N3O/c1-15(2)24(37)22-20-12-18(27(31,32)33)14-35-25(20)36(19-6-4-5-7-19)23(22)21-11-10-17(13-34-21)9-8-16(3)26(28,29)30/h10-16,19H,4-9H2,1-3H3. The van der Waals surface area contributed by atoms with Crippen LogP contribution in [0.3, 0.4) is 0 Å². The maximum atomic E-state index is 13.6. The SMILES string of the molecule is CC(C)C(=O)c1c(-c2ccc(CCC(C)C(F)(F)F)cn2)n(C2CCCC2)c2ncc(C(F)(F)F)cc12. The number of nitrogens with zero attached hydrogens (tertiary/aromatic N) is 3. The van der Waals surface area contributed by atoms with Gasteiger partial charge in [-0.15, -0.1) is 0 Å². The minimum atomic E-state index is -4.62. The Bertz CT molecular complexity index is 1270. The van der Waals surface area contributed by atoms with Crippen molar-refractivity contribution in [3.05, 3.63) is 47.3 Å². The van der Waals surface area contributed by atoms with Gasteiger partial charge < -0.3 is 4.57 Å². The molecule has 3 aromatic rings. The maximum Gasteiger partial charge on any atom is 0.417 e. The van der Waals surface area contributed by atoms with Gasteiger partial charge in [0.2, 0.25) is 0 Å². The third kappa shape index (κ3) is 5.52. The average molecular weight is 526 g/mol. The van der Waals surface area contributed by atoms with Crippen LogP contribution in [0.2, 0.25) is 0 Å². The zero-order chi connectivity index (χ0) is 27.1. The summed E-state index contributed by atoms with van der Waals surface area (Å²) in [5, 5.41) is 0.139. The summed E-state index contributed by atoms with van der Waals surface area (Å²) in [4.78, 5) is 22.1. The number of fused-ring (bicyclic) bond motifs is 1. The van der Waals surface area contributed by atoms with Crippen LogP contribution in [0.4, 0.5) is 26.3 Å². The van der Waals surface area contributed by atoms with E-state index in [0.717, 1.165) is 44.9 Å². The molecular formula is C27H29F6N3O. The first kappa shape index (κ1) is 27.1. The van der Waals surface area contributed by atoms with Crippen molar-refractivity contribution in [2.24, 2.45) is 11.8 Å². The lowest BCUT2D eigenvalue weighted by Gasteiger charge is -2.18. The molecule has 10 heteroatoms. The number of hydrogen-bond donors (Lipinski definition) is 0. The van der Waals surface area contributed by atoms with Crippen LogP contribution in [0.5, 0.6) is 0 Å². The monoisotopic (exact) mass is 525 g/mol. The molecule has 3 heterocycles. The Balaban J connectivity index is 1.87. The lowest BCUT2D eigenvalue weighted by atomic mass is 9.96. The van der Waals surface area contributed by atoms with E-state index < -0.39 is 29.8 Å². The number of aromatic nitrogens is 3. The number of carbonyl (C=O) groups excluding carboxylic acids is 1. The van der Waals surface area contributed by atoms with Gasteiger partial charge in [0.05, 0.1) is 28.4 Å². The summed E-state index contributed by atoms with van der Waals surface area (Å²) in [6.07, 6.45) is -3.06. The summed E-state index contributed by atoms with van der Waals surface area (Å²) in [7, 11) is 0. The van der Waals surface area contributed by atoms with Gasteiger partial charge in [-0.05, 0) is 43.4 Å². The van der Waals surface area contributed by atoms with Crippen molar-refractivity contribution in [1.82, 2.24) is 14.5 Å². The number of carbonyl (C=O) groups is 1. The Morgan fingerprint density at radius 1 is 1.03 bits per heavy atom. The molecule has 0 saturated heterocycles. The fourth-order valence-corrected chi connectivity index (χ4v) is 4.91. The van der Waals surface area contributed by atoms with Crippen LogP contribution in [0.1, 0.15) is 80.4 Å². The molecule has 1 unspecified atom stereocenters. The average Bonchev–Trinajstić information content (AvgIpc) is 3.46. The van der Waals surface area contributed by atoms with Gasteiger partial charge in [-0.1, -0.05) is 39.7 Å². The minimum Gasteiger partial charge on any atom is -0.320 e. The van der Waals surface area contributed by atoms with Gasteiger partial charge in [-0.2, -0.15) is 26.3 Å². The Hall–Kier alpha value is -2.91. The smallest absolute Gasteiger partial charge is 0.320 e. The number of Topliss-reactive ketones (excluding diaryl/α,β-unsaturated/α-hetero) is 1. The molecule has 0 aliphatic heterocycles. The molecule has 1 saturated carbocycles. The van der Waals surface area contributed by atoms with E-state index in [9.17, 15) is 31.1 Å². The van der Waals surface area contributed by atoms with Crippen molar-refractivity contribution in [3.8, 4) is 11.4 Å². The number of aryl methyl sites for hydroxylation is 1. The van der Waals surface area contributed by atoms with Crippen LogP contribution in [0.15, 0.2) is 30.6 Å². The first-order valence-corrected chi connectivity index (χ1v) is 12.5. The van der Waals surface area contributed by atoms with Gasteiger partial charge in [0.25, 0.3) is 0 Å². The number of alkyl halides is 6. The highest BCUT2D eigenvalue weighted by Gasteiger charge is 2.36. The third-order valence-corrected chi connectivity index (χ3v) is 7.12. The summed E-state index contributed by atoms with van der Waals surface area (Å²) >= 11 is 0. The molecule has 0 bridgehead atoms. The molecular weight excluding hydrogens is 496 g/mol. The van der Waals surface area contributed by atoms with Gasteiger partial charge >= 0.3 is 12.4 Å². The van der Waals surface area contributed by atoms with E-state index in [2.05, 4.69) is 9.97 Å². The number of hydrogen-bond acceptors (Lipinski definition) is 3. The van der Waals surface area contributed by atoms with Crippen molar-refractivity contribution in [2.75, 3.05) is 0 Å². The predicted octanol–water partition coefficient (Wildman–Crippen LogP) is 8.20. The summed E-state index contributed by atoms with van der Waals surface area (Å²) in [6, 6.07) is 4.24. The van der Waals surface area contributed by atoms with E-state index in [1.54, 1.807) is 26.0 Å². The predicted molar refractivity (Wildman–Crippen MR) is 128 cm³/mol. The first-order chi connectivity index (χ1) is 17.3. The molecule has 200 valence electrons. The molecule has 0 aromatic carbocycles. The number of ketones is 1. The second-order valence-corrected chi connectivity index (χ2v) is 10.2. The zero-order valence-electron chi connectivity index (χ0n) is 20.9. The van der Waals surface area contributed by atoms with Crippen molar-refractivity contribution in [1.29, 1.82) is 0 Å². The number of pyridine rings is 2. The van der Waals surface area contributed by atoms with E-state index in [-0.39, 0.29) is 35.6 Å². The third-order valence-electron chi connectivity index (χ3n) is 7.12. The second kappa shape index (κ2) is 10.1. The van der Waals surface area contributed by atoms with E-state index in [1.807, 2.05) is 4.57 Å². The molecule has 1 aliphatic carbocycles. The molecule has 0 radical (unpaired) electrons. The van der Waals surface area contributed by atoms with Crippen molar-refractivity contribution in [2.45, 2.75) is 77.7 Å². The fourth-order valence-electron chi connectivity index (χ4n) is 4.91. The quantitative estimate of drug-likeness (QED) is 0.231. The lowest BCUT2D eigenvalue weighted by Crippen LogP contribution is -2.20. The van der Waals surface area contributed by atoms with Gasteiger partial charge in [0, 0.05) is 29.7 Å². The highest BCUT2D eigenvalue weighted by molar-refractivity contribution is 6.13.